The lowest BCUT2D eigenvalue weighted by atomic mass is 10.1. The first-order valence-corrected chi connectivity index (χ1v) is 4.27. The van der Waals surface area contributed by atoms with Crippen molar-refractivity contribution in [3.8, 4) is 5.75 Å². The first-order chi connectivity index (χ1) is 6.19. The molecule has 1 aromatic carbocycles. The molecule has 13 heavy (non-hydrogen) atoms. The number of nitrogens with zero attached hydrogens (tertiary/aromatic N) is 1. The van der Waals surface area contributed by atoms with E-state index in [1.807, 2.05) is 19.1 Å². The highest BCUT2D eigenvalue weighted by Gasteiger charge is 2.04. The molecule has 2 nitrogen and oxygen atoms in total. The van der Waals surface area contributed by atoms with Gasteiger partial charge >= 0.3 is 0 Å². The van der Waals surface area contributed by atoms with Crippen LogP contribution in [-0.4, -0.2) is 19.9 Å². The summed E-state index contributed by atoms with van der Waals surface area (Å²) in [7, 11) is 3.47. The molecule has 0 atom stereocenters. The second-order valence-corrected chi connectivity index (χ2v) is 3.01. The molecule has 0 spiro atoms. The summed E-state index contributed by atoms with van der Waals surface area (Å²) in [6.07, 6.45) is 0. The largest absolute Gasteiger partial charge is 0.496 e. The number of rotatable bonds is 2. The molecule has 0 saturated heterocycles. The Balaban J connectivity index is 3.23. The Bertz CT molecular complexity index is 329. The van der Waals surface area contributed by atoms with Crippen molar-refractivity contribution in [1.29, 1.82) is 0 Å². The predicted molar refractivity (Wildman–Crippen MR) is 55.9 cm³/mol. The van der Waals surface area contributed by atoms with Gasteiger partial charge in [-0.1, -0.05) is 11.6 Å². The minimum atomic E-state index is 0.883. The highest BCUT2D eigenvalue weighted by Crippen LogP contribution is 2.20. The maximum atomic E-state index is 5.24. The highest BCUT2D eigenvalue weighted by atomic mass is 16.5. The average molecular weight is 177 g/mol. The molecule has 0 heterocycles. The summed E-state index contributed by atoms with van der Waals surface area (Å²) >= 11 is 0. The summed E-state index contributed by atoms with van der Waals surface area (Å²) < 4.78 is 5.24. The van der Waals surface area contributed by atoms with Crippen molar-refractivity contribution in [3.05, 3.63) is 29.3 Å². The van der Waals surface area contributed by atoms with E-state index in [4.69, 9.17) is 4.74 Å². The molecule has 0 amide bonds. The van der Waals surface area contributed by atoms with E-state index in [0.29, 0.717) is 0 Å². The standard InChI is InChI=1S/C11H15NO/c1-8-5-6-11(13-4)10(7-8)9(2)12-3/h5-7H,1-4H3. The normalized spacial score (nSPS) is 11.5. The van der Waals surface area contributed by atoms with Crippen LogP contribution in [0.1, 0.15) is 18.1 Å². The van der Waals surface area contributed by atoms with Crippen LogP contribution < -0.4 is 4.74 Å². The van der Waals surface area contributed by atoms with Gasteiger partial charge in [0.15, 0.2) is 0 Å². The van der Waals surface area contributed by atoms with E-state index in [0.717, 1.165) is 17.0 Å². The van der Waals surface area contributed by atoms with Gasteiger partial charge in [-0.3, -0.25) is 4.99 Å². The molecule has 0 unspecified atom stereocenters. The second kappa shape index (κ2) is 4.08. The van der Waals surface area contributed by atoms with Crippen molar-refractivity contribution >= 4 is 5.71 Å². The number of hydrogen-bond acceptors (Lipinski definition) is 2. The molecule has 70 valence electrons. The Morgan fingerprint density at radius 1 is 1.38 bits per heavy atom. The quantitative estimate of drug-likeness (QED) is 0.636. The molecule has 2 heteroatoms. The zero-order valence-electron chi connectivity index (χ0n) is 8.59. The number of methoxy groups -OCH3 is 1. The number of aryl methyl sites for hydroxylation is 1. The van der Waals surface area contributed by atoms with Gasteiger partial charge in [-0.15, -0.1) is 0 Å². The van der Waals surface area contributed by atoms with Crippen molar-refractivity contribution in [2.75, 3.05) is 14.2 Å². The Morgan fingerprint density at radius 2 is 2.08 bits per heavy atom. The molecule has 0 aliphatic carbocycles. The smallest absolute Gasteiger partial charge is 0.127 e. The van der Waals surface area contributed by atoms with E-state index in [2.05, 4.69) is 18.0 Å². The molecule has 0 aliphatic heterocycles. The van der Waals surface area contributed by atoms with Crippen LogP contribution in [0.25, 0.3) is 0 Å². The number of benzene rings is 1. The first kappa shape index (κ1) is 9.78. The van der Waals surface area contributed by atoms with Crippen molar-refractivity contribution in [2.45, 2.75) is 13.8 Å². The maximum Gasteiger partial charge on any atom is 0.127 e. The van der Waals surface area contributed by atoms with E-state index in [-0.39, 0.29) is 0 Å². The molecule has 0 fully saturated rings. The summed E-state index contributed by atoms with van der Waals surface area (Å²) in [6.45, 7) is 4.04. The molecule has 0 bridgehead atoms. The Labute approximate surface area is 79.3 Å². The highest BCUT2D eigenvalue weighted by molar-refractivity contribution is 6.01. The number of aliphatic imine (C=N–C) groups is 1. The van der Waals surface area contributed by atoms with Crippen LogP contribution in [0.15, 0.2) is 23.2 Å². The second-order valence-electron chi connectivity index (χ2n) is 3.01. The third kappa shape index (κ3) is 2.08. The SMILES string of the molecule is CN=C(C)c1cc(C)ccc1OC. The molecule has 0 radical (unpaired) electrons. The van der Waals surface area contributed by atoms with Gasteiger partial charge in [0, 0.05) is 18.3 Å². The third-order valence-electron chi connectivity index (χ3n) is 2.08. The summed E-state index contributed by atoms with van der Waals surface area (Å²) in [6, 6.07) is 6.09. The summed E-state index contributed by atoms with van der Waals surface area (Å²) in [5, 5.41) is 0. The average Bonchev–Trinajstić information content (AvgIpc) is 2.16. The molecular weight excluding hydrogens is 162 g/mol. The summed E-state index contributed by atoms with van der Waals surface area (Å²) in [4.78, 5) is 4.15. The van der Waals surface area contributed by atoms with Crippen LogP contribution >= 0.6 is 0 Å². The van der Waals surface area contributed by atoms with Gasteiger partial charge in [-0.25, -0.2) is 0 Å². The van der Waals surface area contributed by atoms with Crippen LogP contribution in [0.5, 0.6) is 5.75 Å². The van der Waals surface area contributed by atoms with E-state index in [9.17, 15) is 0 Å². The predicted octanol–water partition coefficient (Wildman–Crippen LogP) is 2.44. The third-order valence-corrected chi connectivity index (χ3v) is 2.08. The lowest BCUT2D eigenvalue weighted by Gasteiger charge is -2.08. The Hall–Kier alpha value is -1.31. The molecule has 1 aromatic rings. The van der Waals surface area contributed by atoms with Gasteiger partial charge < -0.3 is 4.74 Å². The lowest BCUT2D eigenvalue weighted by molar-refractivity contribution is 0.414. The van der Waals surface area contributed by atoms with Gasteiger partial charge in [0.1, 0.15) is 5.75 Å². The van der Waals surface area contributed by atoms with Crippen molar-refractivity contribution < 1.29 is 4.74 Å². The zero-order chi connectivity index (χ0) is 9.84. The minimum Gasteiger partial charge on any atom is -0.496 e. The topological polar surface area (TPSA) is 21.6 Å². The van der Waals surface area contributed by atoms with Crippen molar-refractivity contribution in [2.24, 2.45) is 4.99 Å². The fraction of sp³-hybridized carbons (Fsp3) is 0.364. The van der Waals surface area contributed by atoms with Crippen molar-refractivity contribution in [1.82, 2.24) is 0 Å². The molecular formula is C11H15NO. The Kier molecular flexibility index (Phi) is 3.07. The number of hydrogen-bond donors (Lipinski definition) is 0. The molecule has 1 rings (SSSR count). The van der Waals surface area contributed by atoms with E-state index in [1.54, 1.807) is 14.2 Å². The minimum absolute atomic E-state index is 0.883. The fourth-order valence-electron chi connectivity index (χ4n) is 1.23. The van der Waals surface area contributed by atoms with Gasteiger partial charge in [0.05, 0.1) is 7.11 Å². The molecule has 0 N–H and O–H groups in total. The Morgan fingerprint density at radius 3 is 2.62 bits per heavy atom. The van der Waals surface area contributed by atoms with E-state index in [1.165, 1.54) is 5.56 Å². The number of ether oxygens (including phenoxy) is 1. The maximum absolute atomic E-state index is 5.24. The fourth-order valence-corrected chi connectivity index (χ4v) is 1.23. The first-order valence-electron chi connectivity index (χ1n) is 4.27. The van der Waals surface area contributed by atoms with E-state index >= 15 is 0 Å². The van der Waals surface area contributed by atoms with E-state index < -0.39 is 0 Å². The molecule has 0 saturated carbocycles. The summed E-state index contributed by atoms with van der Waals surface area (Å²) in [5.74, 6) is 0.883. The lowest BCUT2D eigenvalue weighted by Crippen LogP contribution is -1.99. The van der Waals surface area contributed by atoms with Gasteiger partial charge in [-0.2, -0.15) is 0 Å². The van der Waals surface area contributed by atoms with Crippen LogP contribution in [0.2, 0.25) is 0 Å². The van der Waals surface area contributed by atoms with Crippen molar-refractivity contribution in [3.63, 3.8) is 0 Å². The monoisotopic (exact) mass is 177 g/mol. The summed E-state index contributed by atoms with van der Waals surface area (Å²) in [5.41, 5.74) is 3.30. The van der Waals surface area contributed by atoms with Gasteiger partial charge in [-0.05, 0) is 26.0 Å². The van der Waals surface area contributed by atoms with Crippen LogP contribution in [0, 0.1) is 6.92 Å². The van der Waals surface area contributed by atoms with Crippen LogP contribution in [-0.2, 0) is 0 Å². The zero-order valence-corrected chi connectivity index (χ0v) is 8.59. The molecule has 0 aromatic heterocycles. The van der Waals surface area contributed by atoms with Crippen LogP contribution in [0.3, 0.4) is 0 Å². The van der Waals surface area contributed by atoms with Crippen LogP contribution in [0.4, 0.5) is 0 Å². The molecule has 0 aliphatic rings. The van der Waals surface area contributed by atoms with Gasteiger partial charge in [0.2, 0.25) is 0 Å². The van der Waals surface area contributed by atoms with Gasteiger partial charge in [0.25, 0.3) is 0 Å².